The summed E-state index contributed by atoms with van der Waals surface area (Å²) in [5.41, 5.74) is 3.91. The van der Waals surface area contributed by atoms with Gasteiger partial charge >= 0.3 is 0 Å². The van der Waals surface area contributed by atoms with E-state index in [2.05, 4.69) is 14.8 Å². The molecule has 2 aliphatic rings. The topological polar surface area (TPSA) is 134 Å². The minimum absolute atomic E-state index is 0.0349. The van der Waals surface area contributed by atoms with Crippen LogP contribution in [0.5, 0.6) is 5.75 Å². The number of fused-ring (bicyclic) bond motifs is 2. The molecule has 2 aromatic heterocycles. The van der Waals surface area contributed by atoms with Gasteiger partial charge < -0.3 is 10.5 Å². The Morgan fingerprint density at radius 3 is 2.45 bits per heavy atom. The summed E-state index contributed by atoms with van der Waals surface area (Å²) in [6.45, 7) is -1.04. The number of ether oxygens (including phenoxy) is 1. The van der Waals surface area contributed by atoms with E-state index in [1.807, 2.05) is 0 Å². The lowest BCUT2D eigenvalue weighted by atomic mass is 10.0. The summed E-state index contributed by atoms with van der Waals surface area (Å²) in [5, 5.41) is 2.73. The molecule has 2 saturated carbocycles. The second-order valence-corrected chi connectivity index (χ2v) is 14.0. The molecule has 0 amide bonds. The molecular formula is C30H24ClF5N6O4S. The molecule has 2 aliphatic carbocycles. The van der Waals surface area contributed by atoms with Crippen LogP contribution in [-0.2, 0) is 22.1 Å². The van der Waals surface area contributed by atoms with Gasteiger partial charge in [0.25, 0.3) is 12.0 Å². The first-order chi connectivity index (χ1) is 22.2. The van der Waals surface area contributed by atoms with E-state index in [0.717, 1.165) is 27.4 Å². The zero-order valence-electron chi connectivity index (χ0n) is 24.3. The van der Waals surface area contributed by atoms with Gasteiger partial charge in [-0.15, -0.1) is 0 Å². The third-order valence-corrected chi connectivity index (χ3v) is 10.6. The molecule has 2 atom stereocenters. The van der Waals surface area contributed by atoms with Gasteiger partial charge in [-0.3, -0.25) is 18.8 Å². The summed E-state index contributed by atoms with van der Waals surface area (Å²) in [6.07, 6.45) is -2.14. The van der Waals surface area contributed by atoms with Crippen molar-refractivity contribution in [2.75, 3.05) is 11.8 Å². The quantitative estimate of drug-likeness (QED) is 0.199. The molecule has 246 valence electrons. The molecule has 1 unspecified atom stereocenters. The number of sulfonamides is 1. The van der Waals surface area contributed by atoms with Crippen LogP contribution in [0.15, 0.2) is 47.3 Å². The van der Waals surface area contributed by atoms with Crippen molar-refractivity contribution in [1.29, 1.82) is 0 Å². The minimum atomic E-state index is -3.95. The molecule has 0 aliphatic heterocycles. The van der Waals surface area contributed by atoms with E-state index in [0.29, 0.717) is 18.9 Å². The maximum absolute atomic E-state index is 15.5. The Bertz CT molecular complexity index is 2270. The molecule has 0 spiro atoms. The first kappa shape index (κ1) is 31.3. The fourth-order valence-corrected chi connectivity index (χ4v) is 7.56. The minimum Gasteiger partial charge on any atom is -0.497 e. The van der Waals surface area contributed by atoms with E-state index in [1.165, 1.54) is 25.3 Å². The van der Waals surface area contributed by atoms with Crippen molar-refractivity contribution in [3.63, 3.8) is 0 Å². The van der Waals surface area contributed by atoms with E-state index in [1.54, 1.807) is 0 Å². The van der Waals surface area contributed by atoms with Gasteiger partial charge in [0.15, 0.2) is 5.82 Å². The average Bonchev–Trinajstić information content (AvgIpc) is 3.91. The molecule has 3 aromatic carbocycles. The Labute approximate surface area is 267 Å². The highest BCUT2D eigenvalue weighted by Crippen LogP contribution is 2.56. The third kappa shape index (κ3) is 5.27. The summed E-state index contributed by atoms with van der Waals surface area (Å²) in [7, 11) is -2.67. The predicted octanol–water partition coefficient (Wildman–Crippen LogP) is 5.33. The molecule has 2 fully saturated rings. The van der Waals surface area contributed by atoms with E-state index in [-0.39, 0.29) is 56.5 Å². The number of rotatable bonds is 9. The van der Waals surface area contributed by atoms with Gasteiger partial charge in [-0.1, -0.05) is 11.6 Å². The lowest BCUT2D eigenvalue weighted by Crippen LogP contribution is -2.34. The predicted molar refractivity (Wildman–Crippen MR) is 163 cm³/mol. The van der Waals surface area contributed by atoms with Crippen LogP contribution in [0.1, 0.15) is 36.6 Å². The largest absolute Gasteiger partial charge is 0.497 e. The Balaban J connectivity index is 1.54. The first-order valence-corrected chi connectivity index (χ1v) is 16.2. The number of aromatic nitrogens is 4. The Morgan fingerprint density at radius 2 is 1.81 bits per heavy atom. The fourth-order valence-electron chi connectivity index (χ4n) is 5.99. The smallest absolute Gasteiger partial charge is 0.269 e. The summed E-state index contributed by atoms with van der Waals surface area (Å²) in [6, 6.07) is 7.72. The third-order valence-electron chi connectivity index (χ3n) is 8.42. The van der Waals surface area contributed by atoms with Gasteiger partial charge in [0.2, 0.25) is 10.0 Å². The van der Waals surface area contributed by atoms with Crippen LogP contribution in [0.2, 0.25) is 5.02 Å². The van der Waals surface area contributed by atoms with E-state index in [9.17, 15) is 30.8 Å². The molecule has 0 saturated heterocycles. The van der Waals surface area contributed by atoms with Crippen molar-refractivity contribution in [2.45, 2.75) is 48.9 Å². The van der Waals surface area contributed by atoms with Gasteiger partial charge in [-0.05, 0) is 49.1 Å². The molecule has 0 bridgehead atoms. The number of nitrogens with zero attached hydrogens (tertiary/aromatic N) is 4. The standard InChI is InChI=1S/C30H24ClF5N6O4S/c1-46-16-9-20(34)25-21(10-16)38-29(30(37)11-18(30)13-6-14(32)8-15(33)7-13)42(28(25)43)22-5-4-19(31)24-26(22)41(12-23(35)36)39-27(24)40-47(44,45)17-2-3-17/h4-10,17-18,23H,2-3,11-12,37H2,1H3,(H,39,40)/t18?,30-/m1/s1. The zero-order valence-corrected chi connectivity index (χ0v) is 25.8. The van der Waals surface area contributed by atoms with Crippen LogP contribution in [0.4, 0.5) is 27.8 Å². The molecule has 0 radical (unpaired) electrons. The van der Waals surface area contributed by atoms with Crippen LogP contribution in [0.25, 0.3) is 27.5 Å². The first-order valence-electron chi connectivity index (χ1n) is 14.3. The van der Waals surface area contributed by atoms with Gasteiger partial charge in [0, 0.05) is 24.1 Å². The van der Waals surface area contributed by atoms with E-state index < -0.39 is 68.1 Å². The molecule has 2 heterocycles. The SMILES string of the molecule is COc1cc(F)c2c(=O)n(-c3ccc(Cl)c4c(NS(=O)(=O)C5CC5)nn(CC(F)F)c34)c([C@@]3(N)CC3c3cc(F)cc(F)c3)nc2c1. The summed E-state index contributed by atoms with van der Waals surface area (Å²) >= 11 is 6.52. The highest BCUT2D eigenvalue weighted by molar-refractivity contribution is 7.93. The van der Waals surface area contributed by atoms with Crippen LogP contribution in [-0.4, -0.2) is 46.5 Å². The van der Waals surface area contributed by atoms with Gasteiger partial charge in [-0.2, -0.15) is 5.10 Å². The van der Waals surface area contributed by atoms with Crippen molar-refractivity contribution < 1.29 is 35.1 Å². The maximum Gasteiger partial charge on any atom is 0.269 e. The molecular weight excluding hydrogens is 671 g/mol. The lowest BCUT2D eigenvalue weighted by Gasteiger charge is -2.21. The van der Waals surface area contributed by atoms with Crippen molar-refractivity contribution in [3.05, 3.63) is 86.7 Å². The number of methoxy groups -OCH3 is 1. The van der Waals surface area contributed by atoms with Crippen molar-refractivity contribution >= 4 is 49.2 Å². The average molecular weight is 695 g/mol. The number of nitrogens with two attached hydrogens (primary N) is 1. The summed E-state index contributed by atoms with van der Waals surface area (Å²) in [4.78, 5) is 18.9. The number of halogens is 6. The van der Waals surface area contributed by atoms with Crippen molar-refractivity contribution in [2.24, 2.45) is 5.73 Å². The molecule has 7 rings (SSSR count). The lowest BCUT2D eigenvalue weighted by molar-refractivity contribution is 0.123. The monoisotopic (exact) mass is 694 g/mol. The second kappa shape index (κ2) is 10.9. The number of nitrogens with one attached hydrogen (secondary N) is 1. The van der Waals surface area contributed by atoms with E-state index >= 15 is 4.39 Å². The maximum atomic E-state index is 15.5. The highest BCUT2D eigenvalue weighted by Gasteiger charge is 2.57. The molecule has 5 aromatic rings. The van der Waals surface area contributed by atoms with Gasteiger partial charge in [-0.25, -0.2) is 35.4 Å². The summed E-state index contributed by atoms with van der Waals surface area (Å²) < 4.78 is 107. The van der Waals surface area contributed by atoms with Gasteiger partial charge in [0.1, 0.15) is 41.0 Å². The molecule has 3 N–H and O–H groups in total. The number of benzene rings is 3. The number of hydrogen-bond donors (Lipinski definition) is 2. The zero-order chi connectivity index (χ0) is 33.6. The second-order valence-electron chi connectivity index (χ2n) is 11.6. The Morgan fingerprint density at radius 1 is 1.11 bits per heavy atom. The van der Waals surface area contributed by atoms with Crippen LogP contribution in [0, 0.1) is 17.5 Å². The van der Waals surface area contributed by atoms with E-state index in [4.69, 9.17) is 22.1 Å². The van der Waals surface area contributed by atoms with Crippen LogP contribution in [0.3, 0.4) is 0 Å². The van der Waals surface area contributed by atoms with Crippen LogP contribution < -0.4 is 20.8 Å². The number of anilines is 1. The molecule has 17 heteroatoms. The number of alkyl halides is 2. The van der Waals surface area contributed by atoms with Gasteiger partial charge in [0.05, 0.1) is 45.0 Å². The highest BCUT2D eigenvalue weighted by atomic mass is 35.5. The summed E-state index contributed by atoms with van der Waals surface area (Å²) in [5.74, 6) is -4.00. The number of hydrogen-bond acceptors (Lipinski definition) is 7. The molecule has 47 heavy (non-hydrogen) atoms. The van der Waals surface area contributed by atoms with Crippen molar-refractivity contribution in [1.82, 2.24) is 19.3 Å². The van der Waals surface area contributed by atoms with Crippen molar-refractivity contribution in [3.8, 4) is 11.4 Å². The van der Waals surface area contributed by atoms with Crippen LogP contribution >= 0.6 is 11.6 Å². The molecule has 10 nitrogen and oxygen atoms in total. The Kier molecular flexibility index (Phi) is 7.25. The fraction of sp³-hybridized carbons (Fsp3) is 0.300. The Hall–Kier alpha value is -4.28. The normalized spacial score (nSPS) is 19.6.